The van der Waals surface area contributed by atoms with E-state index in [9.17, 15) is 4.79 Å². The molecule has 134 valence electrons. The van der Waals surface area contributed by atoms with Crippen LogP contribution in [-0.2, 0) is 11.3 Å². The fourth-order valence-corrected chi connectivity index (χ4v) is 3.11. The van der Waals surface area contributed by atoms with E-state index in [2.05, 4.69) is 15.5 Å². The summed E-state index contributed by atoms with van der Waals surface area (Å²) in [6, 6.07) is 8.94. The Morgan fingerprint density at radius 3 is 3.12 bits per heavy atom. The number of rotatable bonds is 5. The molecule has 1 amide bonds. The number of benzene rings is 1. The van der Waals surface area contributed by atoms with Crippen LogP contribution in [0.4, 0.5) is 5.69 Å². The first-order chi connectivity index (χ1) is 12.7. The fraction of sp³-hybridized carbons (Fsp3) is 0.278. The molecule has 0 aliphatic carbocycles. The molecule has 1 saturated heterocycles. The summed E-state index contributed by atoms with van der Waals surface area (Å²) in [5.74, 6) is -0.289. The summed E-state index contributed by atoms with van der Waals surface area (Å²) >= 11 is 6.00. The Bertz CT molecular complexity index is 914. The first-order valence-corrected chi connectivity index (χ1v) is 8.82. The molecule has 0 spiro atoms. The zero-order chi connectivity index (χ0) is 17.9. The molecular weight excluding hydrogens is 354 g/mol. The molecule has 0 bridgehead atoms. The number of aromatic nitrogens is 4. The highest BCUT2D eigenvalue weighted by Crippen LogP contribution is 2.16. The van der Waals surface area contributed by atoms with Crippen LogP contribution in [0.15, 0.2) is 48.9 Å². The molecule has 1 fully saturated rings. The van der Waals surface area contributed by atoms with Crippen molar-refractivity contribution in [1.29, 1.82) is 0 Å². The standard InChI is InChI=1S/C18H18ClN5O2/c19-13-3-1-4-15(9-13)24-7-6-17(22-24)18(25)21-14-10-20-23(11-14)12-16-5-2-8-26-16/h1,3-4,6-7,9-11,16H,2,5,8,12H2,(H,21,25)/t16-/m0/s1. The van der Waals surface area contributed by atoms with Crippen LogP contribution in [0.3, 0.4) is 0 Å². The molecule has 3 aromatic rings. The van der Waals surface area contributed by atoms with Gasteiger partial charge in [0.15, 0.2) is 5.69 Å². The van der Waals surface area contributed by atoms with E-state index in [4.69, 9.17) is 16.3 Å². The lowest BCUT2D eigenvalue weighted by atomic mass is 10.2. The predicted molar refractivity (Wildman–Crippen MR) is 97.7 cm³/mol. The van der Waals surface area contributed by atoms with Gasteiger partial charge in [0.25, 0.3) is 5.91 Å². The van der Waals surface area contributed by atoms with Crippen molar-refractivity contribution in [3.05, 3.63) is 59.6 Å². The third-order valence-corrected chi connectivity index (χ3v) is 4.44. The van der Waals surface area contributed by atoms with Gasteiger partial charge < -0.3 is 10.1 Å². The Morgan fingerprint density at radius 1 is 1.38 bits per heavy atom. The largest absolute Gasteiger partial charge is 0.376 e. The van der Waals surface area contributed by atoms with Gasteiger partial charge in [-0.25, -0.2) is 4.68 Å². The smallest absolute Gasteiger partial charge is 0.276 e. The number of ether oxygens (including phenoxy) is 1. The van der Waals surface area contributed by atoms with E-state index >= 15 is 0 Å². The fourth-order valence-electron chi connectivity index (χ4n) is 2.93. The molecule has 1 N–H and O–H groups in total. The van der Waals surface area contributed by atoms with Gasteiger partial charge >= 0.3 is 0 Å². The molecule has 4 rings (SSSR count). The number of nitrogens with zero attached hydrogens (tertiary/aromatic N) is 4. The van der Waals surface area contributed by atoms with Gasteiger partial charge in [-0.05, 0) is 37.1 Å². The van der Waals surface area contributed by atoms with E-state index in [1.54, 1.807) is 46.2 Å². The van der Waals surface area contributed by atoms with Crippen molar-refractivity contribution >= 4 is 23.2 Å². The highest BCUT2D eigenvalue weighted by atomic mass is 35.5. The number of nitrogens with one attached hydrogen (secondary N) is 1. The van der Waals surface area contributed by atoms with Gasteiger partial charge in [-0.2, -0.15) is 10.2 Å². The first kappa shape index (κ1) is 16.8. The van der Waals surface area contributed by atoms with E-state index in [-0.39, 0.29) is 12.0 Å². The van der Waals surface area contributed by atoms with Gasteiger partial charge in [0.2, 0.25) is 0 Å². The topological polar surface area (TPSA) is 74.0 Å². The maximum atomic E-state index is 12.4. The van der Waals surface area contributed by atoms with Crippen LogP contribution in [0.2, 0.25) is 5.02 Å². The van der Waals surface area contributed by atoms with E-state index in [0.717, 1.165) is 25.1 Å². The number of amides is 1. The zero-order valence-electron chi connectivity index (χ0n) is 14.0. The maximum Gasteiger partial charge on any atom is 0.276 e. The van der Waals surface area contributed by atoms with Crippen LogP contribution in [0.25, 0.3) is 5.69 Å². The normalized spacial score (nSPS) is 16.7. The van der Waals surface area contributed by atoms with Crippen molar-refractivity contribution in [3.8, 4) is 5.69 Å². The Labute approximate surface area is 155 Å². The average Bonchev–Trinajstić information content (AvgIpc) is 3.37. The highest BCUT2D eigenvalue weighted by molar-refractivity contribution is 6.30. The SMILES string of the molecule is O=C(Nc1cnn(C[C@@H]2CCCO2)c1)c1ccn(-c2cccc(Cl)c2)n1. The summed E-state index contributed by atoms with van der Waals surface area (Å²) in [7, 11) is 0. The second-order valence-corrected chi connectivity index (χ2v) is 6.60. The molecule has 1 atom stereocenters. The third kappa shape index (κ3) is 3.79. The molecule has 26 heavy (non-hydrogen) atoms. The number of hydrogen-bond donors (Lipinski definition) is 1. The number of halogens is 1. The van der Waals surface area contributed by atoms with Crippen LogP contribution in [-0.4, -0.2) is 38.2 Å². The molecule has 0 radical (unpaired) electrons. The maximum absolute atomic E-state index is 12.4. The quantitative estimate of drug-likeness (QED) is 0.747. The second-order valence-electron chi connectivity index (χ2n) is 6.17. The third-order valence-electron chi connectivity index (χ3n) is 4.20. The summed E-state index contributed by atoms with van der Waals surface area (Å²) < 4.78 is 9.00. The van der Waals surface area contributed by atoms with Crippen LogP contribution < -0.4 is 5.32 Å². The van der Waals surface area contributed by atoms with E-state index in [1.807, 2.05) is 12.1 Å². The minimum Gasteiger partial charge on any atom is -0.376 e. The molecule has 1 aliphatic rings. The van der Waals surface area contributed by atoms with Crippen LogP contribution >= 0.6 is 11.6 Å². The lowest BCUT2D eigenvalue weighted by Crippen LogP contribution is -2.15. The summed E-state index contributed by atoms with van der Waals surface area (Å²) in [5.41, 5.74) is 1.74. The minimum atomic E-state index is -0.289. The summed E-state index contributed by atoms with van der Waals surface area (Å²) in [6.07, 6.45) is 7.48. The molecule has 0 saturated carbocycles. The van der Waals surface area contributed by atoms with Crippen LogP contribution in [0.1, 0.15) is 23.3 Å². The van der Waals surface area contributed by atoms with Gasteiger partial charge in [-0.3, -0.25) is 9.48 Å². The van der Waals surface area contributed by atoms with Crippen molar-refractivity contribution in [3.63, 3.8) is 0 Å². The Hall–Kier alpha value is -2.64. The lowest BCUT2D eigenvalue weighted by molar-refractivity contribution is 0.0940. The van der Waals surface area contributed by atoms with Crippen LogP contribution in [0, 0.1) is 0 Å². The van der Waals surface area contributed by atoms with Crippen LogP contribution in [0.5, 0.6) is 0 Å². The number of carbonyl (C=O) groups is 1. The Morgan fingerprint density at radius 2 is 2.31 bits per heavy atom. The summed E-state index contributed by atoms with van der Waals surface area (Å²) in [6.45, 7) is 1.50. The molecule has 0 unspecified atom stereocenters. The van der Waals surface area contributed by atoms with Crippen molar-refractivity contribution < 1.29 is 9.53 Å². The van der Waals surface area contributed by atoms with Gasteiger partial charge in [-0.15, -0.1) is 0 Å². The lowest BCUT2D eigenvalue weighted by Gasteiger charge is -2.08. The number of hydrogen-bond acceptors (Lipinski definition) is 4. The van der Waals surface area contributed by atoms with Crippen molar-refractivity contribution in [2.75, 3.05) is 11.9 Å². The van der Waals surface area contributed by atoms with Crippen molar-refractivity contribution in [1.82, 2.24) is 19.6 Å². The number of carbonyl (C=O) groups excluding carboxylic acids is 1. The molecule has 1 aromatic carbocycles. The molecule has 2 aromatic heterocycles. The molecule has 7 nitrogen and oxygen atoms in total. The molecule has 8 heteroatoms. The van der Waals surface area contributed by atoms with E-state index in [1.165, 1.54) is 0 Å². The number of anilines is 1. The van der Waals surface area contributed by atoms with Gasteiger partial charge in [-0.1, -0.05) is 17.7 Å². The van der Waals surface area contributed by atoms with E-state index in [0.29, 0.717) is 22.9 Å². The van der Waals surface area contributed by atoms with Crippen molar-refractivity contribution in [2.24, 2.45) is 0 Å². The second kappa shape index (κ2) is 7.31. The first-order valence-electron chi connectivity index (χ1n) is 8.44. The van der Waals surface area contributed by atoms with Gasteiger partial charge in [0, 0.05) is 24.0 Å². The molecular formula is C18H18ClN5O2. The zero-order valence-corrected chi connectivity index (χ0v) is 14.8. The molecule has 3 heterocycles. The monoisotopic (exact) mass is 371 g/mol. The Balaban J connectivity index is 1.41. The summed E-state index contributed by atoms with van der Waals surface area (Å²) in [4.78, 5) is 12.4. The van der Waals surface area contributed by atoms with Crippen molar-refractivity contribution in [2.45, 2.75) is 25.5 Å². The van der Waals surface area contributed by atoms with Gasteiger partial charge in [0.1, 0.15) is 0 Å². The van der Waals surface area contributed by atoms with E-state index < -0.39 is 0 Å². The minimum absolute atomic E-state index is 0.201. The molecule has 1 aliphatic heterocycles. The predicted octanol–water partition coefficient (Wildman–Crippen LogP) is 3.15. The Kier molecular flexibility index (Phi) is 4.73. The highest BCUT2D eigenvalue weighted by Gasteiger charge is 2.17. The van der Waals surface area contributed by atoms with Gasteiger partial charge in [0.05, 0.1) is 30.2 Å². The summed E-state index contributed by atoms with van der Waals surface area (Å²) in [5, 5.41) is 12.0. The average molecular weight is 372 g/mol.